The average Bonchev–Trinajstić information content (AvgIpc) is 2.74. The number of benzene rings is 1. The largest absolute Gasteiger partial charge is 0.467 e. The van der Waals surface area contributed by atoms with Crippen molar-refractivity contribution in [2.45, 2.75) is 26.4 Å². The SMILES string of the molecule is COCOc1ccccc1-c1cc2nc(N3CC4(CN(C(=O)OC(C)(C)C)C4)C3)ccc2nn1. The van der Waals surface area contributed by atoms with E-state index in [1.165, 1.54) is 0 Å². The Hall–Kier alpha value is -3.46. The van der Waals surface area contributed by atoms with Gasteiger partial charge in [0.05, 0.1) is 11.2 Å². The van der Waals surface area contributed by atoms with Gasteiger partial charge in [0.1, 0.15) is 22.7 Å². The monoisotopic (exact) mass is 463 g/mol. The first-order chi connectivity index (χ1) is 16.3. The molecule has 2 aliphatic heterocycles. The number of carbonyl (C=O) groups excluding carboxylic acids is 1. The molecule has 2 aliphatic rings. The normalized spacial score (nSPS) is 16.8. The number of hydrogen-bond acceptors (Lipinski definition) is 8. The maximum absolute atomic E-state index is 12.2. The molecule has 9 heteroatoms. The smallest absolute Gasteiger partial charge is 0.410 e. The lowest BCUT2D eigenvalue weighted by atomic mass is 9.73. The fourth-order valence-electron chi connectivity index (χ4n) is 4.49. The summed E-state index contributed by atoms with van der Waals surface area (Å²) < 4.78 is 16.2. The highest BCUT2D eigenvalue weighted by Gasteiger charge is 2.54. The van der Waals surface area contributed by atoms with E-state index in [2.05, 4.69) is 15.1 Å². The molecule has 0 radical (unpaired) electrons. The molecule has 0 N–H and O–H groups in total. The second-order valence-electron chi connectivity index (χ2n) is 10.0. The molecule has 0 aliphatic carbocycles. The number of aromatic nitrogens is 3. The van der Waals surface area contributed by atoms with Gasteiger partial charge >= 0.3 is 6.09 Å². The summed E-state index contributed by atoms with van der Waals surface area (Å²) in [5.74, 6) is 1.58. The zero-order chi connectivity index (χ0) is 23.9. The summed E-state index contributed by atoms with van der Waals surface area (Å²) in [6.45, 7) is 8.99. The molecule has 0 unspecified atom stereocenters. The van der Waals surface area contributed by atoms with Crippen molar-refractivity contribution >= 4 is 22.9 Å². The van der Waals surface area contributed by atoms with Crippen LogP contribution in [0.15, 0.2) is 42.5 Å². The minimum Gasteiger partial charge on any atom is -0.467 e. The fourth-order valence-corrected chi connectivity index (χ4v) is 4.49. The molecule has 0 bridgehead atoms. The molecule has 0 atom stereocenters. The zero-order valence-corrected chi connectivity index (χ0v) is 19.9. The molecule has 178 valence electrons. The number of nitrogens with zero attached hydrogens (tertiary/aromatic N) is 5. The summed E-state index contributed by atoms with van der Waals surface area (Å²) in [5.41, 5.74) is 2.69. The summed E-state index contributed by atoms with van der Waals surface area (Å²) >= 11 is 0. The van der Waals surface area contributed by atoms with E-state index >= 15 is 0 Å². The summed E-state index contributed by atoms with van der Waals surface area (Å²) in [5, 5.41) is 8.74. The van der Waals surface area contributed by atoms with Crippen molar-refractivity contribution in [1.29, 1.82) is 0 Å². The molecule has 1 amide bonds. The van der Waals surface area contributed by atoms with E-state index in [-0.39, 0.29) is 18.3 Å². The van der Waals surface area contributed by atoms with Crippen LogP contribution >= 0.6 is 0 Å². The Labute approximate surface area is 198 Å². The van der Waals surface area contributed by atoms with Gasteiger partial charge in [0.2, 0.25) is 0 Å². The van der Waals surface area contributed by atoms with Gasteiger partial charge in [0.25, 0.3) is 0 Å². The van der Waals surface area contributed by atoms with E-state index < -0.39 is 5.60 Å². The van der Waals surface area contributed by atoms with Crippen molar-refractivity contribution in [3.05, 3.63) is 42.5 Å². The minimum atomic E-state index is -0.474. The Balaban J connectivity index is 1.28. The van der Waals surface area contributed by atoms with Crippen molar-refractivity contribution in [3.63, 3.8) is 0 Å². The van der Waals surface area contributed by atoms with Gasteiger partial charge in [-0.25, -0.2) is 9.78 Å². The first-order valence-corrected chi connectivity index (χ1v) is 11.3. The van der Waals surface area contributed by atoms with Crippen molar-refractivity contribution in [2.75, 3.05) is 45.0 Å². The van der Waals surface area contributed by atoms with Crippen LogP contribution in [0.1, 0.15) is 20.8 Å². The Bertz CT molecular complexity index is 1210. The Morgan fingerprint density at radius 2 is 1.79 bits per heavy atom. The van der Waals surface area contributed by atoms with E-state index in [1.807, 2.05) is 63.2 Å². The van der Waals surface area contributed by atoms with Crippen LogP contribution in [0.4, 0.5) is 10.6 Å². The molecule has 0 saturated carbocycles. The molecule has 2 aromatic heterocycles. The van der Waals surface area contributed by atoms with Crippen LogP contribution in [0.3, 0.4) is 0 Å². The number of hydrogen-bond donors (Lipinski definition) is 0. The van der Waals surface area contributed by atoms with E-state index in [1.54, 1.807) is 12.0 Å². The molecule has 1 aromatic carbocycles. The lowest BCUT2D eigenvalue weighted by Crippen LogP contribution is -2.73. The summed E-state index contributed by atoms with van der Waals surface area (Å²) in [7, 11) is 1.59. The van der Waals surface area contributed by atoms with Crippen LogP contribution < -0.4 is 9.64 Å². The van der Waals surface area contributed by atoms with Crippen LogP contribution in [-0.4, -0.2) is 71.9 Å². The van der Waals surface area contributed by atoms with E-state index in [4.69, 9.17) is 19.2 Å². The second-order valence-corrected chi connectivity index (χ2v) is 10.0. The number of carbonyl (C=O) groups is 1. The highest BCUT2D eigenvalue weighted by molar-refractivity contribution is 5.81. The first-order valence-electron chi connectivity index (χ1n) is 11.3. The summed E-state index contributed by atoms with van der Waals surface area (Å²) in [4.78, 5) is 21.1. The number of fused-ring (bicyclic) bond motifs is 1. The number of methoxy groups -OCH3 is 1. The summed E-state index contributed by atoms with van der Waals surface area (Å²) in [6.07, 6.45) is -0.235. The second kappa shape index (κ2) is 8.39. The molecular formula is C25H29N5O4. The van der Waals surface area contributed by atoms with Crippen molar-refractivity contribution in [1.82, 2.24) is 20.1 Å². The average molecular weight is 464 g/mol. The minimum absolute atomic E-state index is 0.132. The number of amides is 1. The first kappa shape index (κ1) is 22.3. The van der Waals surface area contributed by atoms with E-state index in [0.29, 0.717) is 11.4 Å². The Morgan fingerprint density at radius 1 is 1.03 bits per heavy atom. The molecule has 2 saturated heterocycles. The number of pyridine rings is 1. The lowest BCUT2D eigenvalue weighted by Gasteiger charge is -2.60. The van der Waals surface area contributed by atoms with Gasteiger partial charge in [0, 0.05) is 44.3 Å². The predicted octanol–water partition coefficient (Wildman–Crippen LogP) is 3.73. The molecule has 2 fully saturated rings. The number of likely N-dealkylation sites (tertiary alicyclic amines) is 1. The number of anilines is 1. The highest BCUT2D eigenvalue weighted by Crippen LogP contribution is 2.42. The van der Waals surface area contributed by atoms with Crippen molar-refractivity contribution in [3.8, 4) is 17.0 Å². The summed E-state index contributed by atoms with van der Waals surface area (Å²) in [6, 6.07) is 13.5. The maximum atomic E-state index is 12.2. The van der Waals surface area contributed by atoms with Crippen LogP contribution in [0.5, 0.6) is 5.75 Å². The molecular weight excluding hydrogens is 434 g/mol. The number of rotatable bonds is 5. The van der Waals surface area contributed by atoms with Gasteiger partial charge in [-0.05, 0) is 51.1 Å². The van der Waals surface area contributed by atoms with Crippen LogP contribution in [0, 0.1) is 5.41 Å². The maximum Gasteiger partial charge on any atom is 0.410 e. The molecule has 1 spiro atoms. The topological polar surface area (TPSA) is 89.9 Å². The van der Waals surface area contributed by atoms with Gasteiger partial charge in [-0.2, -0.15) is 0 Å². The third-order valence-electron chi connectivity index (χ3n) is 6.00. The van der Waals surface area contributed by atoms with Crippen molar-refractivity contribution < 1.29 is 19.0 Å². The Morgan fingerprint density at radius 3 is 2.53 bits per heavy atom. The molecule has 34 heavy (non-hydrogen) atoms. The fraction of sp³-hybridized carbons (Fsp3) is 0.440. The predicted molar refractivity (Wildman–Crippen MR) is 128 cm³/mol. The molecule has 3 aromatic rings. The van der Waals surface area contributed by atoms with E-state index in [9.17, 15) is 4.79 Å². The quantitative estimate of drug-likeness (QED) is 0.529. The third-order valence-corrected chi connectivity index (χ3v) is 6.00. The number of ether oxygens (including phenoxy) is 3. The van der Waals surface area contributed by atoms with Gasteiger partial charge in [-0.1, -0.05) is 12.1 Å². The van der Waals surface area contributed by atoms with Gasteiger partial charge in [-0.15, -0.1) is 10.2 Å². The van der Waals surface area contributed by atoms with Crippen LogP contribution in [-0.2, 0) is 9.47 Å². The van der Waals surface area contributed by atoms with Gasteiger partial charge in [-0.3, -0.25) is 0 Å². The highest BCUT2D eigenvalue weighted by atomic mass is 16.7. The Kier molecular flexibility index (Phi) is 5.51. The molecule has 4 heterocycles. The zero-order valence-electron chi connectivity index (χ0n) is 19.9. The standard InChI is InChI=1S/C25H29N5O4/c1-24(2,3)34-23(31)30-14-25(15-30)12-29(13-25)22-10-9-18-20(26-22)11-19(28-27-18)17-7-5-6-8-21(17)33-16-32-4/h5-11H,12-16H2,1-4H3. The molecule has 9 nitrogen and oxygen atoms in total. The van der Waals surface area contributed by atoms with Crippen LogP contribution in [0.25, 0.3) is 22.3 Å². The van der Waals surface area contributed by atoms with Gasteiger partial charge in [0.15, 0.2) is 6.79 Å². The van der Waals surface area contributed by atoms with Crippen LogP contribution in [0.2, 0.25) is 0 Å². The van der Waals surface area contributed by atoms with Gasteiger partial charge < -0.3 is 24.0 Å². The van der Waals surface area contributed by atoms with Crippen molar-refractivity contribution in [2.24, 2.45) is 5.41 Å². The molecule has 5 rings (SSSR count). The number of para-hydroxylation sites is 1. The lowest BCUT2D eigenvalue weighted by molar-refractivity contribution is -0.0454. The third kappa shape index (κ3) is 4.35. The van der Waals surface area contributed by atoms with E-state index in [0.717, 1.165) is 48.6 Å².